The molecule has 0 radical (unpaired) electrons. The molecule has 5 nitrogen and oxygen atoms in total. The Hall–Kier alpha value is -3.60. The maximum absolute atomic E-state index is 13.4. The lowest BCUT2D eigenvalue weighted by atomic mass is 9.99. The molecule has 0 aliphatic carbocycles. The average Bonchev–Trinajstić information content (AvgIpc) is 2.82. The minimum absolute atomic E-state index is 0.00277. The SMILES string of the molecule is CC(=O)OCC(=O)N(Cc1cc(C(F)(F)F)cc(C(F)(F)F)c1)Cc1c(-c2ccccc2)cc(C)nc1Cl. The maximum Gasteiger partial charge on any atom is 0.416 e. The van der Waals surface area contributed by atoms with Crippen LogP contribution in [0.4, 0.5) is 26.3 Å². The zero-order valence-corrected chi connectivity index (χ0v) is 20.8. The quantitative estimate of drug-likeness (QED) is 0.181. The molecule has 3 aromatic rings. The van der Waals surface area contributed by atoms with Gasteiger partial charge in [0.1, 0.15) is 5.15 Å². The van der Waals surface area contributed by atoms with E-state index >= 15 is 0 Å². The van der Waals surface area contributed by atoms with Gasteiger partial charge in [-0.05, 0) is 47.9 Å². The third kappa shape index (κ3) is 7.47. The number of esters is 1. The summed E-state index contributed by atoms with van der Waals surface area (Å²) in [5.74, 6) is -1.65. The van der Waals surface area contributed by atoms with Crippen LogP contribution < -0.4 is 0 Å². The number of amides is 1. The molecule has 0 N–H and O–H groups in total. The lowest BCUT2D eigenvalue weighted by Crippen LogP contribution is -2.34. The average molecular weight is 559 g/mol. The van der Waals surface area contributed by atoms with Crippen molar-refractivity contribution in [1.29, 1.82) is 0 Å². The molecule has 0 bridgehead atoms. The van der Waals surface area contributed by atoms with Crippen LogP contribution in [0.1, 0.15) is 34.9 Å². The summed E-state index contributed by atoms with van der Waals surface area (Å²) in [7, 11) is 0. The molecule has 0 atom stereocenters. The van der Waals surface area contributed by atoms with Crippen molar-refractivity contribution in [3.63, 3.8) is 0 Å². The Labute approximate surface area is 219 Å². The van der Waals surface area contributed by atoms with Crippen LogP contribution in [0.3, 0.4) is 0 Å². The number of aryl methyl sites for hydroxylation is 1. The van der Waals surface area contributed by atoms with Gasteiger partial charge in [-0.3, -0.25) is 9.59 Å². The Balaban J connectivity index is 2.10. The van der Waals surface area contributed by atoms with Crippen molar-refractivity contribution in [2.75, 3.05) is 6.61 Å². The van der Waals surface area contributed by atoms with Gasteiger partial charge in [-0.1, -0.05) is 41.9 Å². The summed E-state index contributed by atoms with van der Waals surface area (Å²) < 4.78 is 85.1. The monoisotopic (exact) mass is 558 g/mol. The van der Waals surface area contributed by atoms with Crippen molar-refractivity contribution in [2.24, 2.45) is 0 Å². The Morgan fingerprint density at radius 3 is 2.03 bits per heavy atom. The summed E-state index contributed by atoms with van der Waals surface area (Å²) in [6.45, 7) is 0.957. The number of alkyl halides is 6. The van der Waals surface area contributed by atoms with E-state index in [1.165, 1.54) is 0 Å². The fourth-order valence-electron chi connectivity index (χ4n) is 3.70. The lowest BCUT2D eigenvalue weighted by Gasteiger charge is -2.25. The van der Waals surface area contributed by atoms with Crippen molar-refractivity contribution in [3.05, 3.63) is 87.7 Å². The second-order valence-electron chi connectivity index (χ2n) is 8.39. The van der Waals surface area contributed by atoms with E-state index < -0.39 is 54.1 Å². The van der Waals surface area contributed by atoms with E-state index in [0.29, 0.717) is 34.5 Å². The van der Waals surface area contributed by atoms with Crippen LogP contribution in [0.25, 0.3) is 11.1 Å². The van der Waals surface area contributed by atoms with Crippen LogP contribution >= 0.6 is 11.6 Å². The van der Waals surface area contributed by atoms with E-state index in [1.54, 1.807) is 43.3 Å². The number of ether oxygens (including phenoxy) is 1. The normalized spacial score (nSPS) is 11.8. The van der Waals surface area contributed by atoms with Gasteiger partial charge in [0.15, 0.2) is 6.61 Å². The molecule has 1 amide bonds. The van der Waals surface area contributed by atoms with Crippen LogP contribution in [0.2, 0.25) is 5.15 Å². The van der Waals surface area contributed by atoms with Crippen LogP contribution in [-0.2, 0) is 39.8 Å². The van der Waals surface area contributed by atoms with Gasteiger partial charge >= 0.3 is 18.3 Å². The van der Waals surface area contributed by atoms with Crippen LogP contribution in [-0.4, -0.2) is 28.4 Å². The van der Waals surface area contributed by atoms with E-state index in [4.69, 9.17) is 16.3 Å². The number of hydrogen-bond donors (Lipinski definition) is 0. The summed E-state index contributed by atoms with van der Waals surface area (Å²) in [6.07, 6.45) is -10.1. The van der Waals surface area contributed by atoms with E-state index in [9.17, 15) is 35.9 Å². The Kier molecular flexibility index (Phi) is 8.71. The number of hydrogen-bond acceptors (Lipinski definition) is 4. The number of halogens is 7. The van der Waals surface area contributed by atoms with Crippen molar-refractivity contribution < 1.29 is 40.7 Å². The Morgan fingerprint density at radius 1 is 0.921 bits per heavy atom. The molecule has 0 saturated carbocycles. The molecule has 0 saturated heterocycles. The second kappa shape index (κ2) is 11.4. The first-order valence-electron chi connectivity index (χ1n) is 11.1. The van der Waals surface area contributed by atoms with E-state index in [2.05, 4.69) is 4.98 Å². The van der Waals surface area contributed by atoms with E-state index in [0.717, 1.165) is 11.8 Å². The van der Waals surface area contributed by atoms with E-state index in [-0.39, 0.29) is 17.8 Å². The Bertz CT molecular complexity index is 1290. The molecule has 0 fully saturated rings. The summed E-state index contributed by atoms with van der Waals surface area (Å²) in [6, 6.07) is 11.6. The molecule has 12 heteroatoms. The third-order valence-corrected chi connectivity index (χ3v) is 5.72. The van der Waals surface area contributed by atoms with Gasteiger partial charge in [0.05, 0.1) is 11.1 Å². The number of carbonyl (C=O) groups excluding carboxylic acids is 2. The summed E-state index contributed by atoms with van der Waals surface area (Å²) in [5.41, 5.74) is -1.36. The molecule has 0 aliphatic heterocycles. The summed E-state index contributed by atoms with van der Waals surface area (Å²) in [4.78, 5) is 29.4. The molecular formula is C26H21ClF6N2O3. The van der Waals surface area contributed by atoms with Gasteiger partial charge in [-0.25, -0.2) is 4.98 Å². The molecule has 0 spiro atoms. The Morgan fingerprint density at radius 2 is 1.50 bits per heavy atom. The van der Waals surface area contributed by atoms with Crippen LogP contribution in [0, 0.1) is 6.92 Å². The maximum atomic E-state index is 13.4. The van der Waals surface area contributed by atoms with Crippen molar-refractivity contribution >= 4 is 23.5 Å². The molecule has 38 heavy (non-hydrogen) atoms. The number of nitrogens with zero attached hydrogens (tertiary/aromatic N) is 2. The summed E-state index contributed by atoms with van der Waals surface area (Å²) in [5, 5.41) is -0.00541. The predicted octanol–water partition coefficient (Wildman–Crippen LogP) is 6.84. The molecule has 0 aliphatic rings. The summed E-state index contributed by atoms with van der Waals surface area (Å²) >= 11 is 6.40. The number of aromatic nitrogens is 1. The van der Waals surface area contributed by atoms with Crippen LogP contribution in [0.15, 0.2) is 54.6 Å². The predicted molar refractivity (Wildman–Crippen MR) is 127 cm³/mol. The minimum atomic E-state index is -5.06. The smallest absolute Gasteiger partial charge is 0.416 e. The number of benzene rings is 2. The number of carbonyl (C=O) groups is 2. The highest BCUT2D eigenvalue weighted by molar-refractivity contribution is 6.30. The second-order valence-corrected chi connectivity index (χ2v) is 8.75. The molecule has 1 heterocycles. The van der Waals surface area contributed by atoms with Crippen LogP contribution in [0.5, 0.6) is 0 Å². The van der Waals surface area contributed by atoms with Gasteiger partial charge in [0, 0.05) is 31.3 Å². The molecule has 1 aromatic heterocycles. The first-order chi connectivity index (χ1) is 17.6. The first kappa shape index (κ1) is 29.0. The molecular weight excluding hydrogens is 538 g/mol. The van der Waals surface area contributed by atoms with Gasteiger partial charge in [0.25, 0.3) is 5.91 Å². The highest BCUT2D eigenvalue weighted by Gasteiger charge is 2.37. The first-order valence-corrected chi connectivity index (χ1v) is 11.4. The lowest BCUT2D eigenvalue weighted by molar-refractivity contribution is -0.150. The topological polar surface area (TPSA) is 59.5 Å². The highest BCUT2D eigenvalue weighted by Crippen LogP contribution is 2.37. The van der Waals surface area contributed by atoms with Gasteiger partial charge < -0.3 is 9.64 Å². The zero-order valence-electron chi connectivity index (χ0n) is 20.1. The molecule has 3 rings (SSSR count). The number of rotatable bonds is 7. The van der Waals surface area contributed by atoms with Crippen molar-refractivity contribution in [1.82, 2.24) is 9.88 Å². The molecule has 2 aromatic carbocycles. The van der Waals surface area contributed by atoms with Gasteiger partial charge in [-0.15, -0.1) is 0 Å². The number of pyridine rings is 1. The molecule has 0 unspecified atom stereocenters. The fourth-order valence-corrected chi connectivity index (χ4v) is 3.99. The van der Waals surface area contributed by atoms with Crippen molar-refractivity contribution in [3.8, 4) is 11.1 Å². The largest absolute Gasteiger partial charge is 0.456 e. The fraction of sp³-hybridized carbons (Fsp3) is 0.269. The van der Waals surface area contributed by atoms with Gasteiger partial charge in [0.2, 0.25) is 0 Å². The standard InChI is InChI=1S/C26H21ClF6N2O3/c1-15-8-21(18-6-4-3-5-7-18)22(24(27)34-15)13-35(23(37)14-38-16(2)36)12-17-9-19(25(28,29)30)11-20(10-17)26(31,32)33/h3-11H,12-14H2,1-2H3. The van der Waals surface area contributed by atoms with Crippen molar-refractivity contribution in [2.45, 2.75) is 39.3 Å². The van der Waals surface area contributed by atoms with Gasteiger partial charge in [-0.2, -0.15) is 26.3 Å². The van der Waals surface area contributed by atoms with E-state index in [1.807, 2.05) is 0 Å². The highest BCUT2D eigenvalue weighted by atomic mass is 35.5. The molecule has 202 valence electrons. The third-order valence-electron chi connectivity index (χ3n) is 5.41. The minimum Gasteiger partial charge on any atom is -0.456 e. The zero-order chi connectivity index (χ0) is 28.3.